The summed E-state index contributed by atoms with van der Waals surface area (Å²) >= 11 is 0. The fraction of sp³-hybridized carbons (Fsp3) is 0.421. The lowest BCUT2D eigenvalue weighted by atomic mass is 10.2. The number of benzene rings is 1. The average Bonchev–Trinajstić information content (AvgIpc) is 3.10. The molecule has 0 saturated heterocycles. The number of hydrogen-bond donors (Lipinski definition) is 2. The Kier molecular flexibility index (Phi) is 6.49. The molecule has 2 N–H and O–H groups in total. The molecule has 0 saturated carbocycles. The topological polar surface area (TPSA) is 95.4 Å². The van der Waals surface area contributed by atoms with Gasteiger partial charge in [-0.1, -0.05) is 0 Å². The second kappa shape index (κ2) is 9.23. The highest BCUT2D eigenvalue weighted by Gasteiger charge is 2.13. The lowest BCUT2D eigenvalue weighted by Crippen LogP contribution is -2.11. The van der Waals surface area contributed by atoms with E-state index in [0.29, 0.717) is 24.9 Å². The molecule has 1 aromatic carbocycles. The molecule has 0 amide bonds. The van der Waals surface area contributed by atoms with Crippen LogP contribution in [0, 0.1) is 0 Å². The first kappa shape index (κ1) is 19.7. The maximum absolute atomic E-state index is 5.46. The molecule has 3 aromatic rings. The summed E-state index contributed by atoms with van der Waals surface area (Å²) in [5.74, 6) is 2.81. The summed E-state index contributed by atoms with van der Waals surface area (Å²) < 4.78 is 17.6. The number of anilines is 2. The van der Waals surface area contributed by atoms with E-state index in [9.17, 15) is 0 Å². The van der Waals surface area contributed by atoms with E-state index in [-0.39, 0.29) is 0 Å². The van der Waals surface area contributed by atoms with Crippen molar-refractivity contribution in [2.24, 2.45) is 7.05 Å². The predicted octanol–water partition coefficient (Wildman–Crippen LogP) is 2.44. The number of hydrogen-bond acceptors (Lipinski definition) is 8. The number of nitrogens with zero attached hydrogens (tertiary/aromatic N) is 4. The fourth-order valence-corrected chi connectivity index (χ4v) is 2.85. The second-order valence-electron chi connectivity index (χ2n) is 6.21. The lowest BCUT2D eigenvalue weighted by molar-refractivity contribution is 0.197. The Morgan fingerprint density at radius 2 is 1.93 bits per heavy atom. The third-order valence-corrected chi connectivity index (χ3v) is 4.33. The Morgan fingerprint density at radius 3 is 2.68 bits per heavy atom. The monoisotopic (exact) mass is 386 g/mol. The molecule has 28 heavy (non-hydrogen) atoms. The van der Waals surface area contributed by atoms with Gasteiger partial charge in [0, 0.05) is 39.4 Å². The van der Waals surface area contributed by atoms with Gasteiger partial charge in [-0.05, 0) is 24.6 Å². The van der Waals surface area contributed by atoms with Crippen LogP contribution in [0.25, 0.3) is 11.0 Å². The van der Waals surface area contributed by atoms with Gasteiger partial charge in [0.15, 0.2) is 5.65 Å². The molecule has 2 aromatic heterocycles. The molecule has 0 aliphatic rings. The molecule has 0 aliphatic heterocycles. The smallest absolute Gasteiger partial charge is 0.226 e. The van der Waals surface area contributed by atoms with Crippen LogP contribution in [0.1, 0.15) is 12.0 Å². The normalized spacial score (nSPS) is 10.9. The minimum Gasteiger partial charge on any atom is -0.497 e. The minimum absolute atomic E-state index is 0.518. The van der Waals surface area contributed by atoms with Gasteiger partial charge < -0.3 is 24.8 Å². The van der Waals surface area contributed by atoms with Gasteiger partial charge in [0.05, 0.1) is 25.8 Å². The average molecular weight is 386 g/mol. The summed E-state index contributed by atoms with van der Waals surface area (Å²) in [7, 11) is 6.84. The molecule has 3 rings (SSSR count). The van der Waals surface area contributed by atoms with Crippen LogP contribution >= 0.6 is 0 Å². The highest BCUT2D eigenvalue weighted by molar-refractivity contribution is 5.87. The molecule has 9 heteroatoms. The maximum Gasteiger partial charge on any atom is 0.226 e. The van der Waals surface area contributed by atoms with Crippen LogP contribution in [0.15, 0.2) is 24.4 Å². The number of methoxy groups -OCH3 is 3. The first-order valence-corrected chi connectivity index (χ1v) is 9.03. The van der Waals surface area contributed by atoms with Crippen LogP contribution in [0.3, 0.4) is 0 Å². The largest absolute Gasteiger partial charge is 0.497 e. The number of nitrogens with one attached hydrogen (secondary N) is 2. The zero-order chi connectivity index (χ0) is 19.9. The van der Waals surface area contributed by atoms with Gasteiger partial charge in [-0.2, -0.15) is 15.1 Å². The van der Waals surface area contributed by atoms with E-state index in [4.69, 9.17) is 14.2 Å². The Morgan fingerprint density at radius 1 is 1.07 bits per heavy atom. The fourth-order valence-electron chi connectivity index (χ4n) is 2.85. The molecule has 0 atom stereocenters. The summed E-state index contributed by atoms with van der Waals surface area (Å²) in [5.41, 5.74) is 1.72. The highest BCUT2D eigenvalue weighted by Crippen LogP contribution is 2.26. The van der Waals surface area contributed by atoms with Crippen LogP contribution in [-0.2, 0) is 18.3 Å². The Labute approximate surface area is 164 Å². The molecule has 9 nitrogen and oxygen atoms in total. The van der Waals surface area contributed by atoms with Crippen molar-refractivity contribution in [1.29, 1.82) is 0 Å². The summed E-state index contributed by atoms with van der Waals surface area (Å²) in [5, 5.41) is 11.8. The summed E-state index contributed by atoms with van der Waals surface area (Å²) in [6.07, 6.45) is 2.63. The molecule has 0 fully saturated rings. The van der Waals surface area contributed by atoms with Crippen LogP contribution < -0.4 is 20.1 Å². The van der Waals surface area contributed by atoms with Gasteiger partial charge in [-0.25, -0.2) is 0 Å². The summed E-state index contributed by atoms with van der Waals surface area (Å²) in [6, 6.07) is 5.70. The Balaban J connectivity index is 1.83. The van der Waals surface area contributed by atoms with E-state index in [2.05, 4.69) is 25.7 Å². The zero-order valence-corrected chi connectivity index (χ0v) is 16.7. The maximum atomic E-state index is 5.46. The van der Waals surface area contributed by atoms with Gasteiger partial charge >= 0.3 is 0 Å². The predicted molar refractivity (Wildman–Crippen MR) is 108 cm³/mol. The van der Waals surface area contributed by atoms with Crippen molar-refractivity contribution in [3.05, 3.63) is 30.0 Å². The van der Waals surface area contributed by atoms with Gasteiger partial charge in [-0.3, -0.25) is 4.68 Å². The van der Waals surface area contributed by atoms with E-state index in [1.807, 2.05) is 25.2 Å². The SMILES string of the molecule is COCCCNc1nc(NCc2cc(OC)ccc2OC)c2cnn(C)c2n1. The first-order valence-electron chi connectivity index (χ1n) is 9.03. The highest BCUT2D eigenvalue weighted by atomic mass is 16.5. The van der Waals surface area contributed by atoms with Gasteiger partial charge in [-0.15, -0.1) is 0 Å². The van der Waals surface area contributed by atoms with E-state index < -0.39 is 0 Å². The lowest BCUT2D eigenvalue weighted by Gasteiger charge is -2.13. The number of rotatable bonds is 10. The third-order valence-electron chi connectivity index (χ3n) is 4.33. The van der Waals surface area contributed by atoms with Crippen molar-refractivity contribution in [3.8, 4) is 11.5 Å². The quantitative estimate of drug-likeness (QED) is 0.513. The van der Waals surface area contributed by atoms with Crippen LogP contribution in [0.5, 0.6) is 11.5 Å². The number of ether oxygens (including phenoxy) is 3. The van der Waals surface area contributed by atoms with E-state index >= 15 is 0 Å². The van der Waals surface area contributed by atoms with Gasteiger partial charge in [0.1, 0.15) is 17.3 Å². The van der Waals surface area contributed by atoms with E-state index in [1.54, 1.807) is 32.2 Å². The summed E-state index contributed by atoms with van der Waals surface area (Å²) in [6.45, 7) is 1.92. The molecule has 0 aliphatic carbocycles. The van der Waals surface area contributed by atoms with Crippen molar-refractivity contribution >= 4 is 22.8 Å². The molecular weight excluding hydrogens is 360 g/mol. The van der Waals surface area contributed by atoms with Crippen molar-refractivity contribution < 1.29 is 14.2 Å². The summed E-state index contributed by atoms with van der Waals surface area (Å²) in [4.78, 5) is 9.19. The molecule has 0 radical (unpaired) electrons. The number of fused-ring (bicyclic) bond motifs is 1. The van der Waals surface area contributed by atoms with E-state index in [1.165, 1.54) is 0 Å². The number of aromatic nitrogens is 4. The third kappa shape index (κ3) is 4.42. The van der Waals surface area contributed by atoms with Gasteiger partial charge in [0.25, 0.3) is 0 Å². The van der Waals surface area contributed by atoms with Crippen LogP contribution in [0.2, 0.25) is 0 Å². The molecule has 0 spiro atoms. The Hall–Kier alpha value is -3.07. The van der Waals surface area contributed by atoms with E-state index in [0.717, 1.165) is 41.1 Å². The van der Waals surface area contributed by atoms with Crippen molar-refractivity contribution in [2.75, 3.05) is 45.1 Å². The van der Waals surface area contributed by atoms with Crippen molar-refractivity contribution in [2.45, 2.75) is 13.0 Å². The Bertz CT molecular complexity index is 927. The minimum atomic E-state index is 0.518. The standard InChI is InChI=1S/C19H26N6O3/c1-25-18-15(12-22-25)17(23-19(24-18)20-8-5-9-26-2)21-11-13-10-14(27-3)6-7-16(13)28-4/h6-7,10,12H,5,8-9,11H2,1-4H3,(H2,20,21,23,24). The number of aryl methyl sites for hydroxylation is 1. The van der Waals surface area contributed by atoms with Crippen LogP contribution in [0.4, 0.5) is 11.8 Å². The zero-order valence-electron chi connectivity index (χ0n) is 16.7. The molecular formula is C19H26N6O3. The molecule has 0 bridgehead atoms. The van der Waals surface area contributed by atoms with Gasteiger partial charge in [0.2, 0.25) is 5.95 Å². The first-order chi connectivity index (χ1) is 13.7. The molecule has 0 unspecified atom stereocenters. The van der Waals surface area contributed by atoms with Crippen molar-refractivity contribution in [3.63, 3.8) is 0 Å². The molecule has 2 heterocycles. The van der Waals surface area contributed by atoms with Crippen molar-refractivity contribution in [1.82, 2.24) is 19.7 Å². The molecule has 150 valence electrons. The van der Waals surface area contributed by atoms with Crippen LogP contribution in [-0.4, -0.2) is 54.2 Å². The second-order valence-corrected chi connectivity index (χ2v) is 6.21.